The Hall–Kier alpha value is -3.00. The topological polar surface area (TPSA) is 97.1 Å². The minimum atomic E-state index is -0.291. The molecule has 3 rings (SSSR count). The van der Waals surface area contributed by atoms with Gasteiger partial charge in [0.05, 0.1) is 23.9 Å². The largest absolute Gasteiger partial charge is 0.469 e. The summed E-state index contributed by atoms with van der Waals surface area (Å²) < 4.78 is 5.11. The third kappa shape index (κ3) is 4.30. The summed E-state index contributed by atoms with van der Waals surface area (Å²) in [6.07, 6.45) is 1.56. The summed E-state index contributed by atoms with van der Waals surface area (Å²) in [7, 11) is 0. The van der Waals surface area contributed by atoms with Crippen molar-refractivity contribution in [2.45, 2.75) is 20.3 Å². The molecule has 25 heavy (non-hydrogen) atoms. The van der Waals surface area contributed by atoms with Gasteiger partial charge in [0, 0.05) is 11.1 Å². The van der Waals surface area contributed by atoms with Gasteiger partial charge >= 0.3 is 0 Å². The van der Waals surface area contributed by atoms with Crippen LogP contribution < -0.4 is 10.6 Å². The maximum atomic E-state index is 12.1. The van der Waals surface area contributed by atoms with Gasteiger partial charge in [0.15, 0.2) is 5.13 Å². The lowest BCUT2D eigenvalue weighted by Crippen LogP contribution is -2.16. The van der Waals surface area contributed by atoms with Crippen LogP contribution in [0.4, 0.5) is 10.9 Å². The number of pyridine rings is 1. The molecule has 7 nitrogen and oxygen atoms in total. The zero-order valence-corrected chi connectivity index (χ0v) is 14.5. The number of carbonyl (C=O) groups is 2. The molecule has 0 radical (unpaired) electrons. The van der Waals surface area contributed by atoms with E-state index < -0.39 is 0 Å². The van der Waals surface area contributed by atoms with Gasteiger partial charge in [0.1, 0.15) is 11.6 Å². The van der Waals surface area contributed by atoms with Crippen molar-refractivity contribution in [1.82, 2.24) is 9.97 Å². The first-order valence-electron chi connectivity index (χ1n) is 7.54. The fourth-order valence-electron chi connectivity index (χ4n) is 2.19. The SMILES string of the molecule is Cc1cccc(NC(=O)Cc2csc(NC(=O)c3ccoc3C)n2)n1. The molecule has 0 saturated heterocycles. The standard InChI is InChI=1S/C17H16N4O3S/c1-10-4-3-5-14(18-10)20-15(22)8-12-9-25-17(19-12)21-16(23)13-6-7-24-11(13)2/h3-7,9H,8H2,1-2H3,(H,18,20,22)(H,19,21,23). The fraction of sp³-hybridized carbons (Fsp3) is 0.176. The van der Waals surface area contributed by atoms with Crippen molar-refractivity contribution in [3.8, 4) is 0 Å². The van der Waals surface area contributed by atoms with Gasteiger partial charge in [-0.2, -0.15) is 0 Å². The molecule has 3 aromatic rings. The molecule has 0 bridgehead atoms. The van der Waals surface area contributed by atoms with Crippen LogP contribution in [0.3, 0.4) is 0 Å². The molecule has 2 amide bonds. The van der Waals surface area contributed by atoms with Gasteiger partial charge in [-0.3, -0.25) is 14.9 Å². The van der Waals surface area contributed by atoms with E-state index >= 15 is 0 Å². The van der Waals surface area contributed by atoms with Crippen molar-refractivity contribution in [1.29, 1.82) is 0 Å². The molecule has 0 saturated carbocycles. The Morgan fingerprint density at radius 2 is 2.00 bits per heavy atom. The maximum absolute atomic E-state index is 12.1. The van der Waals surface area contributed by atoms with Gasteiger partial charge in [-0.05, 0) is 32.0 Å². The van der Waals surface area contributed by atoms with Gasteiger partial charge in [-0.1, -0.05) is 6.07 Å². The molecule has 3 aromatic heterocycles. The number of thiazole rings is 1. The van der Waals surface area contributed by atoms with E-state index in [4.69, 9.17) is 4.42 Å². The zero-order valence-electron chi connectivity index (χ0n) is 13.7. The molecule has 128 valence electrons. The van der Waals surface area contributed by atoms with E-state index in [-0.39, 0.29) is 18.2 Å². The summed E-state index contributed by atoms with van der Waals surface area (Å²) in [5.74, 6) is 0.538. The van der Waals surface area contributed by atoms with E-state index in [1.165, 1.54) is 17.6 Å². The number of carbonyl (C=O) groups excluding carboxylic acids is 2. The van der Waals surface area contributed by atoms with E-state index in [0.717, 1.165) is 5.69 Å². The number of hydrogen-bond acceptors (Lipinski definition) is 6. The van der Waals surface area contributed by atoms with E-state index in [1.54, 1.807) is 24.4 Å². The van der Waals surface area contributed by atoms with Crippen LogP contribution in [-0.4, -0.2) is 21.8 Å². The van der Waals surface area contributed by atoms with Crippen molar-refractivity contribution in [3.63, 3.8) is 0 Å². The van der Waals surface area contributed by atoms with Crippen LogP contribution in [-0.2, 0) is 11.2 Å². The predicted molar refractivity (Wildman–Crippen MR) is 94.8 cm³/mol. The predicted octanol–water partition coefficient (Wildman–Crippen LogP) is 3.18. The Balaban J connectivity index is 1.59. The van der Waals surface area contributed by atoms with Crippen molar-refractivity contribution in [3.05, 3.63) is 58.6 Å². The first-order valence-corrected chi connectivity index (χ1v) is 8.42. The van der Waals surface area contributed by atoms with Gasteiger partial charge < -0.3 is 9.73 Å². The second-order valence-corrected chi connectivity index (χ2v) is 6.24. The molecular formula is C17H16N4O3S. The molecule has 0 aromatic carbocycles. The van der Waals surface area contributed by atoms with Gasteiger partial charge in [0.2, 0.25) is 5.91 Å². The van der Waals surface area contributed by atoms with E-state index in [0.29, 0.717) is 28.0 Å². The highest BCUT2D eigenvalue weighted by atomic mass is 32.1. The fourth-order valence-corrected chi connectivity index (χ4v) is 2.90. The number of rotatable bonds is 5. The first-order chi connectivity index (χ1) is 12.0. The van der Waals surface area contributed by atoms with Crippen LogP contribution in [0.15, 0.2) is 40.3 Å². The number of anilines is 2. The molecular weight excluding hydrogens is 340 g/mol. The molecule has 2 N–H and O–H groups in total. The number of hydrogen-bond donors (Lipinski definition) is 2. The Kier molecular flexibility index (Phi) is 4.90. The summed E-state index contributed by atoms with van der Waals surface area (Å²) in [6, 6.07) is 7.01. The highest BCUT2D eigenvalue weighted by Gasteiger charge is 2.14. The lowest BCUT2D eigenvalue weighted by Gasteiger charge is -2.03. The van der Waals surface area contributed by atoms with Crippen LogP contribution in [0.1, 0.15) is 27.5 Å². The van der Waals surface area contributed by atoms with E-state index in [1.807, 2.05) is 19.1 Å². The van der Waals surface area contributed by atoms with Crippen LogP contribution in [0.5, 0.6) is 0 Å². The number of nitrogens with one attached hydrogen (secondary N) is 2. The molecule has 0 fully saturated rings. The Bertz CT molecular complexity index is 916. The average molecular weight is 356 g/mol. The number of nitrogens with zero attached hydrogens (tertiary/aromatic N) is 2. The summed E-state index contributed by atoms with van der Waals surface area (Å²) in [6.45, 7) is 3.57. The summed E-state index contributed by atoms with van der Waals surface area (Å²) >= 11 is 1.26. The minimum absolute atomic E-state index is 0.104. The quantitative estimate of drug-likeness (QED) is 0.732. The normalized spacial score (nSPS) is 10.5. The second-order valence-electron chi connectivity index (χ2n) is 5.38. The lowest BCUT2D eigenvalue weighted by atomic mass is 10.2. The number of aryl methyl sites for hydroxylation is 2. The van der Waals surface area contributed by atoms with Crippen molar-refractivity contribution >= 4 is 34.1 Å². The molecule has 0 aliphatic heterocycles. The third-order valence-electron chi connectivity index (χ3n) is 3.37. The van der Waals surface area contributed by atoms with Gasteiger partial charge in [-0.15, -0.1) is 11.3 Å². The highest BCUT2D eigenvalue weighted by molar-refractivity contribution is 7.14. The summed E-state index contributed by atoms with van der Waals surface area (Å²) in [4.78, 5) is 32.7. The van der Waals surface area contributed by atoms with E-state index in [2.05, 4.69) is 20.6 Å². The molecule has 3 heterocycles. The van der Waals surface area contributed by atoms with Crippen LogP contribution >= 0.6 is 11.3 Å². The van der Waals surface area contributed by atoms with Crippen LogP contribution in [0.2, 0.25) is 0 Å². The molecule has 0 aliphatic carbocycles. The highest BCUT2D eigenvalue weighted by Crippen LogP contribution is 2.18. The number of amides is 2. The Morgan fingerprint density at radius 3 is 2.72 bits per heavy atom. The second kappa shape index (κ2) is 7.27. The molecule has 0 unspecified atom stereocenters. The van der Waals surface area contributed by atoms with Gasteiger partial charge in [0.25, 0.3) is 5.91 Å². The van der Waals surface area contributed by atoms with Crippen molar-refractivity contribution < 1.29 is 14.0 Å². The number of furan rings is 1. The molecule has 0 spiro atoms. The summed E-state index contributed by atoms with van der Waals surface area (Å²) in [5.41, 5.74) is 1.86. The van der Waals surface area contributed by atoms with Crippen LogP contribution in [0, 0.1) is 13.8 Å². The molecule has 8 heteroatoms. The van der Waals surface area contributed by atoms with Crippen molar-refractivity contribution in [2.24, 2.45) is 0 Å². The van der Waals surface area contributed by atoms with E-state index in [9.17, 15) is 9.59 Å². The minimum Gasteiger partial charge on any atom is -0.469 e. The monoisotopic (exact) mass is 356 g/mol. The summed E-state index contributed by atoms with van der Waals surface area (Å²) in [5, 5.41) is 7.60. The molecule has 0 aliphatic rings. The first kappa shape index (κ1) is 16.8. The Morgan fingerprint density at radius 1 is 1.16 bits per heavy atom. The lowest BCUT2D eigenvalue weighted by molar-refractivity contribution is -0.115. The number of aromatic nitrogens is 2. The maximum Gasteiger partial charge on any atom is 0.260 e. The molecule has 0 atom stereocenters. The Labute approximate surface area is 148 Å². The average Bonchev–Trinajstić information content (AvgIpc) is 3.16. The third-order valence-corrected chi connectivity index (χ3v) is 4.18. The van der Waals surface area contributed by atoms with Crippen molar-refractivity contribution in [2.75, 3.05) is 10.6 Å². The zero-order chi connectivity index (χ0) is 17.8. The van der Waals surface area contributed by atoms with Crippen LogP contribution in [0.25, 0.3) is 0 Å². The smallest absolute Gasteiger partial charge is 0.260 e. The van der Waals surface area contributed by atoms with Gasteiger partial charge in [-0.25, -0.2) is 9.97 Å².